The third-order valence-corrected chi connectivity index (χ3v) is 12.0. The smallest absolute Gasteiger partial charge is 0.276 e. The van der Waals surface area contributed by atoms with E-state index in [0.29, 0.717) is 83.1 Å². The van der Waals surface area contributed by atoms with Crippen LogP contribution >= 0.6 is 0 Å². The molecular weight excluding hydrogens is 837 g/mol. The number of rotatable bonds is 21. The molecule has 10 N–H and O–H groups in total. The Morgan fingerprint density at radius 3 is 2.29 bits per heavy atom. The number of ether oxygens (including phenoxy) is 2. The fourth-order valence-electron chi connectivity index (χ4n) is 7.74. The number of amides is 3. The van der Waals surface area contributed by atoms with E-state index in [-0.39, 0.29) is 73.3 Å². The van der Waals surface area contributed by atoms with Crippen molar-refractivity contribution >= 4 is 61.7 Å². The summed E-state index contributed by atoms with van der Waals surface area (Å²) in [5.74, 6) is -0.847. The number of primary amides is 2. The predicted molar refractivity (Wildman–Crippen MR) is 233 cm³/mol. The Kier molecular flexibility index (Phi) is 13.0. The molecule has 5 heterocycles. The Morgan fingerprint density at radius 1 is 0.921 bits per heavy atom. The highest BCUT2D eigenvalue weighted by Crippen LogP contribution is 2.39. The molecule has 4 aromatic heterocycles. The lowest BCUT2D eigenvalue weighted by atomic mass is 10.1. The third-order valence-electron chi connectivity index (χ3n) is 10.6. The summed E-state index contributed by atoms with van der Waals surface area (Å²) in [6, 6.07) is 9.26. The van der Waals surface area contributed by atoms with Gasteiger partial charge in [-0.05, 0) is 83.4 Å². The second-order valence-electron chi connectivity index (χ2n) is 15.1. The minimum Gasteiger partial charge on any atom is -0.491 e. The van der Waals surface area contributed by atoms with E-state index in [2.05, 4.69) is 25.6 Å². The molecule has 2 aromatic carbocycles. The van der Waals surface area contributed by atoms with Gasteiger partial charge in [-0.15, -0.1) is 0 Å². The highest BCUT2D eigenvalue weighted by molar-refractivity contribution is 7.89. The van der Waals surface area contributed by atoms with Gasteiger partial charge in [0.15, 0.2) is 6.23 Å². The van der Waals surface area contributed by atoms with Crippen molar-refractivity contribution in [2.45, 2.75) is 78.9 Å². The van der Waals surface area contributed by atoms with E-state index in [1.54, 1.807) is 40.6 Å². The maximum atomic E-state index is 13.7. The Labute approximate surface area is 362 Å². The number of imidazole rings is 2. The van der Waals surface area contributed by atoms with Crippen molar-refractivity contribution in [1.82, 2.24) is 43.4 Å². The number of aryl methyl sites for hydroxylation is 5. The minimum atomic E-state index is -3.55. The Morgan fingerprint density at radius 2 is 1.59 bits per heavy atom. The lowest BCUT2D eigenvalue weighted by molar-refractivity contribution is 0.0991. The van der Waals surface area contributed by atoms with Crippen LogP contribution in [0.3, 0.4) is 0 Å². The molecule has 3 amide bonds. The number of anilines is 2. The maximum Gasteiger partial charge on any atom is 0.276 e. The van der Waals surface area contributed by atoms with E-state index in [9.17, 15) is 27.9 Å². The summed E-state index contributed by atoms with van der Waals surface area (Å²) in [6.45, 7) is 8.99. The molecule has 1 aliphatic heterocycles. The lowest BCUT2D eigenvalue weighted by Gasteiger charge is -2.27. The van der Waals surface area contributed by atoms with Crippen LogP contribution in [0.15, 0.2) is 36.4 Å². The van der Waals surface area contributed by atoms with Gasteiger partial charge < -0.3 is 46.2 Å². The molecule has 7 rings (SSSR count). The Balaban J connectivity index is 1.22. The highest BCUT2D eigenvalue weighted by Gasteiger charge is 2.30. The van der Waals surface area contributed by atoms with Gasteiger partial charge in [-0.3, -0.25) is 29.1 Å². The SMILES string of the molecule is CCn1nc(C)cc1C(=O)Nc1nc2cc(C(N)=O)cc3c2n1[C@@H](CCCn1c(NC(O)c2cc(C)nn2CC)nc2cc(C(N)=O)cc(OCCCNS(=O)(=O)CCN)c21)CO3. The van der Waals surface area contributed by atoms with Gasteiger partial charge in [0.1, 0.15) is 34.8 Å². The monoisotopic (exact) mass is 888 g/mol. The first-order chi connectivity index (χ1) is 30.1. The van der Waals surface area contributed by atoms with Crippen LogP contribution < -0.4 is 42.0 Å². The largest absolute Gasteiger partial charge is 0.491 e. The van der Waals surface area contributed by atoms with Gasteiger partial charge in [-0.1, -0.05) is 0 Å². The molecule has 0 aliphatic carbocycles. The van der Waals surface area contributed by atoms with Crippen LogP contribution in [0.2, 0.25) is 0 Å². The van der Waals surface area contributed by atoms with Crippen LogP contribution in [0, 0.1) is 13.8 Å². The number of carbonyl (C=O) groups is 3. The molecule has 0 bridgehead atoms. The van der Waals surface area contributed by atoms with Gasteiger partial charge in [-0.25, -0.2) is 23.1 Å². The summed E-state index contributed by atoms with van der Waals surface area (Å²) < 4.78 is 46.3. The molecule has 2 atom stereocenters. The third kappa shape index (κ3) is 9.45. The molecular formula is C40H52N14O8S. The fraction of sp³-hybridized carbons (Fsp3) is 0.425. The van der Waals surface area contributed by atoms with E-state index in [0.717, 1.165) is 0 Å². The first kappa shape index (κ1) is 44.5. The molecule has 0 saturated carbocycles. The number of aromatic nitrogens is 8. The number of carbonyl (C=O) groups excluding carboxylic acids is 3. The van der Waals surface area contributed by atoms with E-state index >= 15 is 0 Å². The molecule has 336 valence electrons. The molecule has 6 aromatic rings. The average Bonchev–Trinajstić information content (AvgIpc) is 4.01. The van der Waals surface area contributed by atoms with E-state index in [1.165, 1.54) is 12.1 Å². The van der Waals surface area contributed by atoms with Gasteiger partial charge in [0, 0.05) is 43.9 Å². The van der Waals surface area contributed by atoms with Crippen molar-refractivity contribution in [3.8, 4) is 11.5 Å². The van der Waals surface area contributed by atoms with Gasteiger partial charge in [0.05, 0.1) is 46.5 Å². The topological polar surface area (TPSA) is 309 Å². The van der Waals surface area contributed by atoms with Crippen molar-refractivity contribution in [3.63, 3.8) is 0 Å². The molecule has 23 heteroatoms. The van der Waals surface area contributed by atoms with Crippen LogP contribution in [0.25, 0.3) is 22.1 Å². The normalized spacial score (nSPS) is 14.2. The zero-order valence-electron chi connectivity index (χ0n) is 35.4. The van der Waals surface area contributed by atoms with Gasteiger partial charge in [-0.2, -0.15) is 10.2 Å². The number of hydrogen-bond donors (Lipinski definition) is 7. The lowest BCUT2D eigenvalue weighted by Crippen LogP contribution is -2.31. The number of fused-ring (bicyclic) bond motifs is 1. The summed E-state index contributed by atoms with van der Waals surface area (Å²) in [5, 5.41) is 26.5. The number of nitrogens with two attached hydrogens (primary N) is 3. The molecule has 22 nitrogen and oxygen atoms in total. The Hall–Kier alpha value is -6.56. The van der Waals surface area contributed by atoms with Crippen molar-refractivity contribution in [2.75, 3.05) is 42.7 Å². The first-order valence-electron chi connectivity index (χ1n) is 20.6. The van der Waals surface area contributed by atoms with Crippen molar-refractivity contribution in [1.29, 1.82) is 0 Å². The number of nitrogens with zero attached hydrogens (tertiary/aromatic N) is 8. The van der Waals surface area contributed by atoms with Gasteiger partial charge in [0.25, 0.3) is 5.91 Å². The quantitative estimate of drug-likeness (QED) is 0.0402. The van der Waals surface area contributed by atoms with Crippen molar-refractivity contribution in [3.05, 3.63) is 70.3 Å². The number of hydrogen-bond acceptors (Lipinski definition) is 14. The maximum absolute atomic E-state index is 13.7. The van der Waals surface area contributed by atoms with E-state index in [4.69, 9.17) is 36.6 Å². The summed E-state index contributed by atoms with van der Waals surface area (Å²) in [6.07, 6.45) is -0.0124. The number of benzene rings is 2. The molecule has 0 fully saturated rings. The van der Waals surface area contributed by atoms with Crippen LogP contribution in [0.1, 0.15) is 93.7 Å². The first-order valence-corrected chi connectivity index (χ1v) is 22.2. The van der Waals surface area contributed by atoms with Crippen molar-refractivity contribution in [2.24, 2.45) is 17.2 Å². The number of nitrogens with one attached hydrogen (secondary N) is 3. The molecule has 1 unspecified atom stereocenters. The number of sulfonamides is 1. The summed E-state index contributed by atoms with van der Waals surface area (Å²) in [5.41, 5.74) is 21.2. The molecule has 0 saturated heterocycles. The Bertz CT molecular complexity index is 2810. The van der Waals surface area contributed by atoms with Crippen LogP contribution in [0.5, 0.6) is 11.5 Å². The van der Waals surface area contributed by atoms with E-state index in [1.807, 2.05) is 29.9 Å². The molecule has 0 radical (unpaired) electrons. The summed E-state index contributed by atoms with van der Waals surface area (Å²) >= 11 is 0. The minimum absolute atomic E-state index is 0.0195. The van der Waals surface area contributed by atoms with Gasteiger partial charge in [0.2, 0.25) is 33.7 Å². The average molecular weight is 889 g/mol. The van der Waals surface area contributed by atoms with Crippen LogP contribution in [-0.4, -0.2) is 102 Å². The molecule has 63 heavy (non-hydrogen) atoms. The van der Waals surface area contributed by atoms with Crippen molar-refractivity contribution < 1.29 is 37.4 Å². The zero-order chi connectivity index (χ0) is 45.2. The fourth-order valence-corrected chi connectivity index (χ4v) is 8.65. The van der Waals surface area contributed by atoms with Crippen LogP contribution in [0.4, 0.5) is 11.9 Å². The van der Waals surface area contributed by atoms with E-state index < -0.39 is 34.0 Å². The highest BCUT2D eigenvalue weighted by atomic mass is 32.2. The number of aliphatic hydroxyl groups excluding tert-OH is 1. The number of aliphatic hydroxyl groups is 1. The summed E-state index contributed by atoms with van der Waals surface area (Å²) in [7, 11) is -3.55. The second-order valence-corrected chi connectivity index (χ2v) is 17.1. The molecule has 1 aliphatic rings. The van der Waals surface area contributed by atoms with Gasteiger partial charge >= 0.3 is 0 Å². The zero-order valence-corrected chi connectivity index (χ0v) is 36.2. The summed E-state index contributed by atoms with van der Waals surface area (Å²) in [4.78, 5) is 48.1. The van der Waals surface area contributed by atoms with Crippen LogP contribution in [-0.2, 0) is 29.7 Å². The predicted octanol–water partition coefficient (Wildman–Crippen LogP) is 2.05. The standard InChI is InChI=1S/C40H52N14O8S/c1-5-52-29(15-22(3)49-52)37(57)47-39-45-27-17-24(35(42)55)19-31(61-13-8-11-44-63(59,60)14-10-41)33(27)51(39)12-7-9-26-21-62-32-20-25(36(43)56)18-28-34(32)54(26)40(46-28)48-38(58)30-16-23(4)50-53(30)6-2/h15-20,26,37,44,57H,5-14,21,41H2,1-4H3,(H2,42,55)(H2,43,56)(H,45,47)(H,46,48,58)/t26-,37?/m0/s1. The molecule has 0 spiro atoms. The second kappa shape index (κ2) is 18.4.